The maximum atomic E-state index is 11.5. The predicted octanol–water partition coefficient (Wildman–Crippen LogP) is 0.850. The average molecular weight is 321 g/mol. The summed E-state index contributed by atoms with van der Waals surface area (Å²) in [4.78, 5) is 19.5. The summed E-state index contributed by atoms with van der Waals surface area (Å²) in [6.07, 6.45) is -0.349. The van der Waals surface area contributed by atoms with E-state index >= 15 is 0 Å². The van der Waals surface area contributed by atoms with Crippen LogP contribution in [0.25, 0.3) is 11.1 Å². The molecule has 9 nitrogen and oxygen atoms in total. The Morgan fingerprint density at radius 2 is 2.04 bits per heavy atom. The van der Waals surface area contributed by atoms with Gasteiger partial charge in [-0.3, -0.25) is 0 Å². The summed E-state index contributed by atoms with van der Waals surface area (Å²) in [5.74, 6) is -1.79. The normalized spacial score (nSPS) is 32.3. The lowest BCUT2D eigenvalue weighted by atomic mass is 10.0. The van der Waals surface area contributed by atoms with Gasteiger partial charge in [0.2, 0.25) is 0 Å². The first-order valence-corrected chi connectivity index (χ1v) is 7.09. The molecule has 2 saturated heterocycles. The zero-order chi connectivity index (χ0) is 16.4. The molecule has 2 aromatic heterocycles. The van der Waals surface area contributed by atoms with E-state index in [0.29, 0.717) is 16.7 Å². The van der Waals surface area contributed by atoms with Gasteiger partial charge in [-0.25, -0.2) is 14.8 Å². The number of aromatic nitrogens is 2. The van der Waals surface area contributed by atoms with Crippen LogP contribution in [0.1, 0.15) is 25.5 Å². The molecule has 0 spiro atoms. The van der Waals surface area contributed by atoms with Crippen molar-refractivity contribution in [1.82, 2.24) is 9.97 Å². The molecule has 2 fully saturated rings. The van der Waals surface area contributed by atoms with E-state index < -0.39 is 36.2 Å². The summed E-state index contributed by atoms with van der Waals surface area (Å²) in [6.45, 7) is 3.46. The van der Waals surface area contributed by atoms with Gasteiger partial charge in [0.25, 0.3) is 0 Å². The molecule has 2 aromatic rings. The maximum absolute atomic E-state index is 11.5. The van der Waals surface area contributed by atoms with Crippen LogP contribution in [0, 0.1) is 0 Å². The van der Waals surface area contributed by atoms with Crippen LogP contribution < -0.4 is 5.73 Å². The van der Waals surface area contributed by atoms with Crippen LogP contribution in [-0.4, -0.2) is 45.1 Å². The van der Waals surface area contributed by atoms with Crippen LogP contribution in [0.3, 0.4) is 0 Å². The van der Waals surface area contributed by atoms with E-state index in [1.165, 1.54) is 12.6 Å². The first-order valence-electron chi connectivity index (χ1n) is 7.09. The molecule has 0 saturated carbocycles. The summed E-state index contributed by atoms with van der Waals surface area (Å²) in [5, 5.41) is 9.37. The summed E-state index contributed by atoms with van der Waals surface area (Å²) < 4.78 is 22.6. The Morgan fingerprint density at radius 1 is 1.30 bits per heavy atom. The minimum atomic E-state index is -1.13. The molecule has 0 unspecified atom stereocenters. The highest BCUT2D eigenvalue weighted by atomic mass is 16.8. The molecule has 4 heterocycles. The zero-order valence-corrected chi connectivity index (χ0v) is 12.4. The minimum Gasteiger partial charge on any atom is -0.479 e. The number of fused-ring (bicyclic) bond motifs is 2. The molecule has 2 aliphatic rings. The number of hydrogen-bond acceptors (Lipinski definition) is 8. The average Bonchev–Trinajstić information content (AvgIpc) is 3.09. The molecule has 4 atom stereocenters. The topological polar surface area (TPSA) is 130 Å². The van der Waals surface area contributed by atoms with Crippen LogP contribution in [0.15, 0.2) is 17.0 Å². The van der Waals surface area contributed by atoms with Crippen LogP contribution in [0.4, 0.5) is 5.82 Å². The van der Waals surface area contributed by atoms with Gasteiger partial charge in [0, 0.05) is 5.56 Å². The molecule has 0 radical (unpaired) electrons. The molecular weight excluding hydrogens is 306 g/mol. The number of carboxylic acids is 1. The van der Waals surface area contributed by atoms with Gasteiger partial charge in [-0.15, -0.1) is 0 Å². The lowest BCUT2D eigenvalue weighted by Crippen LogP contribution is -2.35. The lowest BCUT2D eigenvalue weighted by Gasteiger charge is -2.22. The summed E-state index contributed by atoms with van der Waals surface area (Å²) in [5.41, 5.74) is 7.13. The summed E-state index contributed by atoms with van der Waals surface area (Å²) >= 11 is 0. The fraction of sp³-hybridized carbons (Fsp3) is 0.500. The third-order valence-electron chi connectivity index (χ3n) is 4.01. The van der Waals surface area contributed by atoms with Crippen molar-refractivity contribution in [3.63, 3.8) is 0 Å². The largest absolute Gasteiger partial charge is 0.479 e. The van der Waals surface area contributed by atoms with E-state index in [9.17, 15) is 9.90 Å². The molecule has 0 bridgehead atoms. The molecule has 0 aromatic carbocycles. The van der Waals surface area contributed by atoms with Crippen molar-refractivity contribution in [2.75, 3.05) is 5.73 Å². The van der Waals surface area contributed by atoms with Crippen molar-refractivity contribution in [2.24, 2.45) is 0 Å². The highest BCUT2D eigenvalue weighted by molar-refractivity contribution is 5.85. The maximum Gasteiger partial charge on any atom is 0.335 e. The van der Waals surface area contributed by atoms with E-state index in [-0.39, 0.29) is 5.82 Å². The molecular formula is C14H15N3O6. The quantitative estimate of drug-likeness (QED) is 0.826. The number of nitrogens with two attached hydrogens (primary N) is 1. The van der Waals surface area contributed by atoms with Crippen LogP contribution >= 0.6 is 0 Å². The Balaban J connectivity index is 1.78. The number of ether oxygens (including phenoxy) is 3. The second-order valence-electron chi connectivity index (χ2n) is 6.01. The number of carbonyl (C=O) groups is 1. The third-order valence-corrected chi connectivity index (χ3v) is 4.01. The highest BCUT2D eigenvalue weighted by Gasteiger charge is 2.58. The Morgan fingerprint density at radius 3 is 2.78 bits per heavy atom. The van der Waals surface area contributed by atoms with Gasteiger partial charge in [-0.1, -0.05) is 0 Å². The zero-order valence-electron chi connectivity index (χ0n) is 12.4. The number of hydrogen-bond donors (Lipinski definition) is 2. The molecule has 0 aliphatic carbocycles. The van der Waals surface area contributed by atoms with Crippen LogP contribution in [0.2, 0.25) is 0 Å². The molecule has 122 valence electrons. The Bertz CT molecular complexity index is 788. The lowest BCUT2D eigenvalue weighted by molar-refractivity contribution is -0.194. The van der Waals surface area contributed by atoms with Gasteiger partial charge >= 0.3 is 5.97 Å². The van der Waals surface area contributed by atoms with E-state index in [1.54, 1.807) is 13.8 Å². The van der Waals surface area contributed by atoms with Crippen molar-refractivity contribution in [3.8, 4) is 0 Å². The third kappa shape index (κ3) is 2.08. The van der Waals surface area contributed by atoms with Gasteiger partial charge in [0.15, 0.2) is 23.3 Å². The molecule has 0 amide bonds. The highest BCUT2D eigenvalue weighted by Crippen LogP contribution is 2.46. The smallest absolute Gasteiger partial charge is 0.335 e. The van der Waals surface area contributed by atoms with E-state index in [2.05, 4.69) is 9.97 Å². The molecule has 2 aliphatic heterocycles. The minimum absolute atomic E-state index is 0.203. The van der Waals surface area contributed by atoms with Crippen LogP contribution in [-0.2, 0) is 19.0 Å². The van der Waals surface area contributed by atoms with Crippen LogP contribution in [0.5, 0.6) is 0 Å². The molecule has 4 rings (SSSR count). The Kier molecular flexibility index (Phi) is 2.89. The summed E-state index contributed by atoms with van der Waals surface area (Å²) in [7, 11) is 0. The Hall–Kier alpha value is -2.23. The number of nitrogen functional groups attached to an aromatic ring is 1. The molecule has 9 heteroatoms. The number of furan rings is 1. The number of nitrogens with zero attached hydrogens (tertiary/aromatic N) is 2. The van der Waals surface area contributed by atoms with Gasteiger partial charge in [-0.2, -0.15) is 0 Å². The summed E-state index contributed by atoms with van der Waals surface area (Å²) in [6, 6.07) is 0. The number of rotatable bonds is 2. The van der Waals surface area contributed by atoms with Crippen molar-refractivity contribution < 1.29 is 28.5 Å². The second-order valence-corrected chi connectivity index (χ2v) is 6.01. The van der Waals surface area contributed by atoms with Crippen molar-refractivity contribution >= 4 is 22.9 Å². The fourth-order valence-electron chi connectivity index (χ4n) is 3.14. The van der Waals surface area contributed by atoms with Gasteiger partial charge in [0.1, 0.15) is 30.2 Å². The monoisotopic (exact) mass is 321 g/mol. The predicted molar refractivity (Wildman–Crippen MR) is 75.3 cm³/mol. The first-order chi connectivity index (χ1) is 10.9. The fourth-order valence-corrected chi connectivity index (χ4v) is 3.14. The molecule has 23 heavy (non-hydrogen) atoms. The number of aliphatic carboxylic acids is 1. The Labute approximate surface area is 130 Å². The van der Waals surface area contributed by atoms with Crippen molar-refractivity contribution in [3.05, 3.63) is 18.2 Å². The van der Waals surface area contributed by atoms with E-state index in [0.717, 1.165) is 0 Å². The number of anilines is 1. The second kappa shape index (κ2) is 4.63. The van der Waals surface area contributed by atoms with Crippen molar-refractivity contribution in [2.45, 2.75) is 44.1 Å². The standard InChI is InChI=1S/C14H15N3O6/c1-14(2)22-9-7(21-11(13(18)19)10(9)23-14)5-3-20-8-6(5)16-4-17-12(8)15/h3-4,7,9-11H,1-2H3,(H,18,19)(H2,15,16,17)/t7-,9-,10-,11-/m0/s1. The molecule has 3 N–H and O–H groups in total. The van der Waals surface area contributed by atoms with Gasteiger partial charge in [0.05, 0.1) is 6.26 Å². The van der Waals surface area contributed by atoms with Gasteiger partial charge in [-0.05, 0) is 13.8 Å². The van der Waals surface area contributed by atoms with E-state index in [4.69, 9.17) is 24.4 Å². The SMILES string of the molecule is CC1(C)O[C@@H]2[C@H](O1)[C@@H](C(=O)O)O[C@H]2c1coc2c(N)ncnc12. The van der Waals surface area contributed by atoms with E-state index in [1.807, 2.05) is 0 Å². The number of carboxylic acid groups (broad SMARTS) is 1. The first kappa shape index (κ1) is 14.4. The van der Waals surface area contributed by atoms with Crippen molar-refractivity contribution in [1.29, 1.82) is 0 Å². The van der Waals surface area contributed by atoms with Gasteiger partial charge < -0.3 is 29.5 Å².